The average Bonchev–Trinajstić information content (AvgIpc) is 2.59. The Balaban J connectivity index is 1.83. The summed E-state index contributed by atoms with van der Waals surface area (Å²) in [5.41, 5.74) is 1.17. The molecule has 8 heteroatoms. The van der Waals surface area contributed by atoms with E-state index in [1.807, 2.05) is 0 Å². The van der Waals surface area contributed by atoms with E-state index >= 15 is 0 Å². The van der Waals surface area contributed by atoms with Crippen LogP contribution >= 0.6 is 23.2 Å². The predicted octanol–water partition coefficient (Wildman–Crippen LogP) is 5.23. The van der Waals surface area contributed by atoms with Gasteiger partial charge in [-0.05, 0) is 49.4 Å². The molecule has 0 spiro atoms. The molecule has 2 aromatic carbocycles. The first-order valence-corrected chi connectivity index (χ1v) is 8.31. The van der Waals surface area contributed by atoms with Crippen molar-refractivity contribution in [2.24, 2.45) is 0 Å². The lowest BCUT2D eigenvalue weighted by molar-refractivity contribution is 0.102. The second-order valence-corrected chi connectivity index (χ2v) is 6.24. The van der Waals surface area contributed by atoms with Crippen molar-refractivity contribution in [3.8, 4) is 0 Å². The molecular formula is C18H13Cl2FN4O. The summed E-state index contributed by atoms with van der Waals surface area (Å²) in [6, 6.07) is 11.9. The highest BCUT2D eigenvalue weighted by molar-refractivity contribution is 6.35. The SMILES string of the molecule is Cc1nc(Nc2cc(Cl)ccc2Cl)cc(C(=O)Nc2ccc(F)cc2)n1. The molecule has 3 rings (SSSR count). The smallest absolute Gasteiger partial charge is 0.274 e. The molecule has 0 radical (unpaired) electrons. The normalized spacial score (nSPS) is 10.5. The van der Waals surface area contributed by atoms with Gasteiger partial charge in [0.25, 0.3) is 5.91 Å². The molecular weight excluding hydrogens is 378 g/mol. The number of nitrogens with one attached hydrogen (secondary N) is 2. The Morgan fingerprint density at radius 2 is 1.77 bits per heavy atom. The van der Waals surface area contributed by atoms with Gasteiger partial charge in [0.1, 0.15) is 23.2 Å². The first-order chi connectivity index (χ1) is 12.4. The quantitative estimate of drug-likeness (QED) is 0.640. The third-order valence-corrected chi connectivity index (χ3v) is 3.93. The monoisotopic (exact) mass is 390 g/mol. The highest BCUT2D eigenvalue weighted by Gasteiger charge is 2.12. The van der Waals surface area contributed by atoms with Gasteiger partial charge in [-0.2, -0.15) is 0 Å². The fraction of sp³-hybridized carbons (Fsp3) is 0.0556. The third-order valence-electron chi connectivity index (χ3n) is 3.36. The first kappa shape index (κ1) is 18.1. The van der Waals surface area contributed by atoms with Crippen LogP contribution in [0.4, 0.5) is 21.6 Å². The minimum absolute atomic E-state index is 0.155. The molecule has 0 saturated carbocycles. The number of aryl methyl sites for hydroxylation is 1. The van der Waals surface area contributed by atoms with Crippen LogP contribution in [0.25, 0.3) is 0 Å². The van der Waals surface area contributed by atoms with Crippen molar-refractivity contribution >= 4 is 46.3 Å². The minimum Gasteiger partial charge on any atom is -0.339 e. The molecule has 0 bridgehead atoms. The molecule has 132 valence electrons. The third kappa shape index (κ3) is 4.47. The maximum absolute atomic E-state index is 13.0. The standard InChI is InChI=1S/C18H13Cl2FN4O/c1-10-22-16(18(26)24-13-5-3-12(21)4-6-13)9-17(23-10)25-15-8-11(19)2-7-14(15)20/h2-9H,1H3,(H,24,26)(H,22,23,25). The van der Waals surface area contributed by atoms with E-state index in [4.69, 9.17) is 23.2 Å². The van der Waals surface area contributed by atoms with Crippen molar-refractivity contribution in [1.29, 1.82) is 0 Å². The van der Waals surface area contributed by atoms with Gasteiger partial charge in [0.15, 0.2) is 0 Å². The number of anilines is 3. The van der Waals surface area contributed by atoms with Crippen molar-refractivity contribution in [1.82, 2.24) is 9.97 Å². The number of carbonyl (C=O) groups is 1. The van der Waals surface area contributed by atoms with Crippen LogP contribution in [0.15, 0.2) is 48.5 Å². The molecule has 0 aliphatic carbocycles. The molecule has 0 unspecified atom stereocenters. The summed E-state index contributed by atoms with van der Waals surface area (Å²) < 4.78 is 13.0. The van der Waals surface area contributed by atoms with E-state index in [9.17, 15) is 9.18 Å². The molecule has 0 aliphatic rings. The highest BCUT2D eigenvalue weighted by atomic mass is 35.5. The number of rotatable bonds is 4. The molecule has 0 aliphatic heterocycles. The zero-order chi connectivity index (χ0) is 18.7. The molecule has 2 N–H and O–H groups in total. The lowest BCUT2D eigenvalue weighted by Gasteiger charge is -2.10. The van der Waals surface area contributed by atoms with E-state index in [-0.39, 0.29) is 11.5 Å². The molecule has 26 heavy (non-hydrogen) atoms. The van der Waals surface area contributed by atoms with Crippen molar-refractivity contribution < 1.29 is 9.18 Å². The van der Waals surface area contributed by atoms with Gasteiger partial charge in [-0.3, -0.25) is 4.79 Å². The van der Waals surface area contributed by atoms with Crippen LogP contribution in [0.5, 0.6) is 0 Å². The number of hydrogen-bond donors (Lipinski definition) is 2. The molecule has 5 nitrogen and oxygen atoms in total. The fourth-order valence-corrected chi connectivity index (χ4v) is 2.54. The predicted molar refractivity (Wildman–Crippen MR) is 101 cm³/mol. The summed E-state index contributed by atoms with van der Waals surface area (Å²) in [6.45, 7) is 1.67. The number of halogens is 3. The van der Waals surface area contributed by atoms with E-state index in [0.717, 1.165) is 0 Å². The van der Waals surface area contributed by atoms with Gasteiger partial charge in [0.05, 0.1) is 10.7 Å². The molecule has 1 aromatic heterocycles. The maximum atomic E-state index is 13.0. The largest absolute Gasteiger partial charge is 0.339 e. The Morgan fingerprint density at radius 1 is 1.04 bits per heavy atom. The van der Waals surface area contributed by atoms with Gasteiger partial charge in [-0.25, -0.2) is 14.4 Å². The summed E-state index contributed by atoms with van der Waals surface area (Å²) in [5.74, 6) is -0.0311. The minimum atomic E-state index is -0.442. The fourth-order valence-electron chi connectivity index (χ4n) is 2.21. The van der Waals surface area contributed by atoms with Crippen LogP contribution in [0.1, 0.15) is 16.3 Å². The first-order valence-electron chi connectivity index (χ1n) is 7.55. The molecule has 0 atom stereocenters. The second-order valence-electron chi connectivity index (χ2n) is 5.40. The summed E-state index contributed by atoms with van der Waals surface area (Å²) in [5, 5.41) is 6.65. The molecule has 3 aromatic rings. The Bertz CT molecular complexity index is 964. The molecule has 0 saturated heterocycles. The van der Waals surface area contributed by atoms with E-state index in [1.165, 1.54) is 30.3 Å². The zero-order valence-electron chi connectivity index (χ0n) is 13.6. The number of amides is 1. The lowest BCUT2D eigenvalue weighted by Crippen LogP contribution is -2.15. The van der Waals surface area contributed by atoms with Gasteiger partial charge >= 0.3 is 0 Å². The molecule has 0 fully saturated rings. The Morgan fingerprint density at radius 3 is 2.50 bits per heavy atom. The van der Waals surface area contributed by atoms with Gasteiger partial charge < -0.3 is 10.6 Å². The Hall–Kier alpha value is -2.70. The van der Waals surface area contributed by atoms with Gasteiger partial charge in [-0.1, -0.05) is 23.2 Å². The van der Waals surface area contributed by atoms with Crippen LogP contribution < -0.4 is 10.6 Å². The van der Waals surface area contributed by atoms with Gasteiger partial charge in [0, 0.05) is 16.8 Å². The number of benzene rings is 2. The summed E-state index contributed by atoms with van der Waals surface area (Å²) in [4.78, 5) is 20.8. The van der Waals surface area contributed by atoms with Crippen molar-refractivity contribution in [3.05, 3.63) is 75.9 Å². The van der Waals surface area contributed by atoms with Crippen LogP contribution in [0.2, 0.25) is 10.0 Å². The van der Waals surface area contributed by atoms with Crippen LogP contribution in [0, 0.1) is 12.7 Å². The molecule has 1 amide bonds. The zero-order valence-corrected chi connectivity index (χ0v) is 15.1. The maximum Gasteiger partial charge on any atom is 0.274 e. The van der Waals surface area contributed by atoms with Crippen molar-refractivity contribution in [3.63, 3.8) is 0 Å². The lowest BCUT2D eigenvalue weighted by atomic mass is 10.2. The summed E-state index contributed by atoms with van der Waals surface area (Å²) in [6.07, 6.45) is 0. The van der Waals surface area contributed by atoms with Crippen molar-refractivity contribution in [2.75, 3.05) is 10.6 Å². The van der Waals surface area contributed by atoms with Crippen LogP contribution in [-0.2, 0) is 0 Å². The summed E-state index contributed by atoms with van der Waals surface area (Å²) in [7, 11) is 0. The average molecular weight is 391 g/mol. The number of hydrogen-bond acceptors (Lipinski definition) is 4. The van der Waals surface area contributed by atoms with E-state index in [2.05, 4.69) is 20.6 Å². The second kappa shape index (κ2) is 7.68. The van der Waals surface area contributed by atoms with E-state index < -0.39 is 5.91 Å². The number of nitrogens with zero attached hydrogens (tertiary/aromatic N) is 2. The van der Waals surface area contributed by atoms with Crippen molar-refractivity contribution in [2.45, 2.75) is 6.92 Å². The van der Waals surface area contributed by atoms with E-state index in [0.29, 0.717) is 33.1 Å². The molecule has 1 heterocycles. The van der Waals surface area contributed by atoms with E-state index in [1.54, 1.807) is 25.1 Å². The van der Waals surface area contributed by atoms with Crippen LogP contribution in [-0.4, -0.2) is 15.9 Å². The van der Waals surface area contributed by atoms with Gasteiger partial charge in [0.2, 0.25) is 0 Å². The highest BCUT2D eigenvalue weighted by Crippen LogP contribution is 2.28. The Kier molecular flexibility index (Phi) is 5.35. The topological polar surface area (TPSA) is 66.9 Å². The number of carbonyl (C=O) groups excluding carboxylic acids is 1. The van der Waals surface area contributed by atoms with Crippen LogP contribution in [0.3, 0.4) is 0 Å². The number of aromatic nitrogens is 2. The summed E-state index contributed by atoms with van der Waals surface area (Å²) >= 11 is 12.1. The Labute approximate surface area is 159 Å². The van der Waals surface area contributed by atoms with Gasteiger partial charge in [-0.15, -0.1) is 0 Å².